The Morgan fingerprint density at radius 2 is 1.55 bits per heavy atom. The van der Waals surface area contributed by atoms with E-state index in [1.54, 1.807) is 30.2 Å². The van der Waals surface area contributed by atoms with Crippen molar-refractivity contribution in [1.29, 1.82) is 0 Å². The molecule has 0 aromatic heterocycles. The van der Waals surface area contributed by atoms with E-state index in [4.69, 9.17) is 4.74 Å². The SMILES string of the molecule is CCC[C@@H](CC[C@H](Cc1ccc(F)cc1)C(=O)N[C@H]1CCS[C@H]2CCC[C@@H](C(F)(F)F)N2C1=O)C(=O)N[C@H]1CCCCN(c2ccccc2OC)C1=O. The Morgan fingerprint density at radius 1 is 0.868 bits per heavy atom. The Labute approximate surface area is 312 Å². The second-order valence-corrected chi connectivity index (χ2v) is 15.5. The van der Waals surface area contributed by atoms with E-state index in [0.717, 1.165) is 17.7 Å². The third kappa shape index (κ3) is 10.2. The maximum atomic E-state index is 14.1. The summed E-state index contributed by atoms with van der Waals surface area (Å²) in [5, 5.41) is 5.19. The highest BCUT2D eigenvalue weighted by atomic mass is 32.2. The zero-order valence-corrected chi connectivity index (χ0v) is 31.2. The van der Waals surface area contributed by atoms with Crippen LogP contribution in [-0.2, 0) is 25.6 Å². The quantitative estimate of drug-likeness (QED) is 0.218. The topological polar surface area (TPSA) is 108 Å². The van der Waals surface area contributed by atoms with Crippen molar-refractivity contribution in [2.75, 3.05) is 24.3 Å². The second kappa shape index (κ2) is 18.5. The second-order valence-electron chi connectivity index (χ2n) is 14.2. The summed E-state index contributed by atoms with van der Waals surface area (Å²) >= 11 is 1.31. The largest absolute Gasteiger partial charge is 0.495 e. The van der Waals surface area contributed by atoms with E-state index in [-0.39, 0.29) is 43.9 Å². The number of carbonyl (C=O) groups is 4. The first-order valence-electron chi connectivity index (χ1n) is 18.7. The molecule has 0 bridgehead atoms. The molecule has 4 amide bonds. The van der Waals surface area contributed by atoms with Crippen molar-refractivity contribution in [3.05, 3.63) is 59.9 Å². The summed E-state index contributed by atoms with van der Waals surface area (Å²) in [6.45, 7) is 2.43. The van der Waals surface area contributed by atoms with Crippen LogP contribution in [-0.4, -0.2) is 77.6 Å². The first-order valence-corrected chi connectivity index (χ1v) is 19.8. The summed E-state index contributed by atoms with van der Waals surface area (Å²) in [4.78, 5) is 57.9. The van der Waals surface area contributed by atoms with Crippen molar-refractivity contribution < 1.29 is 41.5 Å². The van der Waals surface area contributed by atoms with Gasteiger partial charge in [-0.1, -0.05) is 37.6 Å². The van der Waals surface area contributed by atoms with Gasteiger partial charge in [0.2, 0.25) is 23.6 Å². The van der Waals surface area contributed by atoms with Gasteiger partial charge in [0.05, 0.1) is 18.2 Å². The smallest absolute Gasteiger partial charge is 0.408 e. The Balaban J connectivity index is 1.30. The third-order valence-corrected chi connectivity index (χ3v) is 11.9. The molecule has 2 aromatic carbocycles. The van der Waals surface area contributed by atoms with Gasteiger partial charge in [0, 0.05) is 18.4 Å². The lowest BCUT2D eigenvalue weighted by molar-refractivity contribution is -0.198. The molecule has 3 heterocycles. The number of para-hydroxylation sites is 2. The van der Waals surface area contributed by atoms with Crippen LogP contribution in [0.2, 0.25) is 0 Å². The molecule has 9 nitrogen and oxygen atoms in total. The third-order valence-electron chi connectivity index (χ3n) is 10.6. The molecule has 2 aromatic rings. The number of anilines is 1. The lowest BCUT2D eigenvalue weighted by Gasteiger charge is -2.42. The molecule has 0 unspecified atom stereocenters. The van der Waals surface area contributed by atoms with Crippen molar-refractivity contribution >= 4 is 41.1 Å². The van der Waals surface area contributed by atoms with Crippen LogP contribution in [0.25, 0.3) is 0 Å². The van der Waals surface area contributed by atoms with E-state index in [0.29, 0.717) is 61.4 Å². The minimum Gasteiger partial charge on any atom is -0.495 e. The summed E-state index contributed by atoms with van der Waals surface area (Å²) < 4.78 is 61.4. The summed E-state index contributed by atoms with van der Waals surface area (Å²) in [7, 11) is 1.54. The molecule has 0 radical (unpaired) electrons. The number of amides is 4. The van der Waals surface area contributed by atoms with Gasteiger partial charge in [-0.15, -0.1) is 11.8 Å². The van der Waals surface area contributed by atoms with Gasteiger partial charge >= 0.3 is 6.18 Å². The van der Waals surface area contributed by atoms with Crippen LogP contribution in [0.5, 0.6) is 5.75 Å². The highest BCUT2D eigenvalue weighted by molar-refractivity contribution is 7.99. The van der Waals surface area contributed by atoms with E-state index in [9.17, 15) is 36.7 Å². The fourth-order valence-electron chi connectivity index (χ4n) is 7.74. The molecular formula is C39H50F4N4O5S. The molecule has 6 atom stereocenters. The molecule has 3 fully saturated rings. The van der Waals surface area contributed by atoms with E-state index in [1.165, 1.54) is 23.9 Å². The molecule has 2 N–H and O–H groups in total. The predicted molar refractivity (Wildman–Crippen MR) is 196 cm³/mol. The number of rotatable bonds is 13. The van der Waals surface area contributed by atoms with Gasteiger partial charge in [-0.2, -0.15) is 13.2 Å². The molecule has 290 valence electrons. The Morgan fingerprint density at radius 3 is 2.25 bits per heavy atom. The van der Waals surface area contributed by atoms with Crippen LogP contribution in [0, 0.1) is 17.7 Å². The molecular weight excluding hydrogens is 713 g/mol. The monoisotopic (exact) mass is 762 g/mol. The molecule has 0 spiro atoms. The summed E-state index contributed by atoms with van der Waals surface area (Å²) in [6.07, 6.45) is 0.0903. The van der Waals surface area contributed by atoms with Crippen molar-refractivity contribution in [2.45, 2.75) is 114 Å². The molecule has 5 rings (SSSR count). The molecule has 3 aliphatic rings. The van der Waals surface area contributed by atoms with Crippen LogP contribution < -0.4 is 20.3 Å². The number of thioether (sulfide) groups is 1. The van der Waals surface area contributed by atoms with Crippen molar-refractivity contribution in [3.8, 4) is 5.75 Å². The van der Waals surface area contributed by atoms with Crippen LogP contribution in [0.3, 0.4) is 0 Å². The Kier molecular flexibility index (Phi) is 14.1. The van der Waals surface area contributed by atoms with Crippen LogP contribution in [0.4, 0.5) is 23.2 Å². The van der Waals surface area contributed by atoms with Crippen molar-refractivity contribution in [3.63, 3.8) is 0 Å². The molecule has 0 saturated carbocycles. The van der Waals surface area contributed by atoms with Crippen molar-refractivity contribution in [1.82, 2.24) is 15.5 Å². The number of nitrogens with one attached hydrogen (secondary N) is 2. The normalized spacial score (nSPS) is 23.7. The number of ether oxygens (including phenoxy) is 1. The fourth-order valence-corrected chi connectivity index (χ4v) is 9.13. The molecule has 0 aliphatic carbocycles. The average Bonchev–Trinajstić information content (AvgIpc) is 3.42. The Hall–Kier alpha value is -3.81. The van der Waals surface area contributed by atoms with Gasteiger partial charge in [0.25, 0.3) is 0 Å². The van der Waals surface area contributed by atoms with E-state index in [2.05, 4.69) is 10.6 Å². The number of halogens is 4. The van der Waals surface area contributed by atoms with Gasteiger partial charge in [-0.05, 0) is 106 Å². The maximum absolute atomic E-state index is 14.1. The minimum absolute atomic E-state index is 0.175. The van der Waals surface area contributed by atoms with Gasteiger partial charge in [-0.25, -0.2) is 4.39 Å². The number of methoxy groups -OCH3 is 1. The van der Waals surface area contributed by atoms with E-state index < -0.39 is 59.1 Å². The minimum atomic E-state index is -4.58. The number of fused-ring (bicyclic) bond motifs is 1. The van der Waals surface area contributed by atoms with E-state index in [1.807, 2.05) is 25.1 Å². The fraction of sp³-hybridized carbons (Fsp3) is 0.590. The van der Waals surface area contributed by atoms with Gasteiger partial charge in [0.15, 0.2) is 0 Å². The van der Waals surface area contributed by atoms with Gasteiger partial charge in [0.1, 0.15) is 29.7 Å². The molecule has 14 heteroatoms. The first-order chi connectivity index (χ1) is 25.4. The summed E-state index contributed by atoms with van der Waals surface area (Å²) in [6, 6.07) is 9.19. The number of hydrogen-bond acceptors (Lipinski definition) is 6. The molecule has 3 aliphatic heterocycles. The number of benzene rings is 2. The zero-order chi connectivity index (χ0) is 38.1. The highest BCUT2D eigenvalue weighted by Gasteiger charge is 2.51. The Bertz CT molecular complexity index is 1580. The maximum Gasteiger partial charge on any atom is 0.408 e. The molecule has 3 saturated heterocycles. The number of alkyl halides is 3. The summed E-state index contributed by atoms with van der Waals surface area (Å²) in [5.74, 6) is -2.50. The zero-order valence-electron chi connectivity index (χ0n) is 30.3. The number of nitrogens with zero attached hydrogens (tertiary/aromatic N) is 2. The van der Waals surface area contributed by atoms with Gasteiger partial charge in [-0.3, -0.25) is 19.2 Å². The summed E-state index contributed by atoms with van der Waals surface area (Å²) in [5.41, 5.74) is 1.30. The number of piperidine rings is 1. The lowest BCUT2D eigenvalue weighted by Crippen LogP contribution is -2.59. The van der Waals surface area contributed by atoms with E-state index >= 15 is 0 Å². The molecule has 53 heavy (non-hydrogen) atoms. The van der Waals surface area contributed by atoms with Crippen LogP contribution in [0.15, 0.2) is 48.5 Å². The van der Waals surface area contributed by atoms with Crippen molar-refractivity contribution in [2.24, 2.45) is 11.8 Å². The van der Waals surface area contributed by atoms with Crippen LogP contribution in [0.1, 0.15) is 83.1 Å². The standard InChI is InChI=1S/C39H50F4N4O5S/c1-3-9-26(35(48)44-29-10-6-7-22-46(37(29)50)31-11-4-5-12-32(31)52-2)17-18-27(24-25-15-19-28(40)20-16-25)36(49)45-30-21-23-53-34-14-8-13-33(39(41,42)43)47(34)38(30)51/h4-5,11-12,15-16,19-20,26-27,29-30,33-34H,3,6-10,13-14,17-18,21-24H2,1-2H3,(H,44,48)(H,45,49)/t26-,27+,29-,30-,33-,34-/m0/s1. The van der Waals surface area contributed by atoms with Crippen LogP contribution >= 0.6 is 11.8 Å². The number of hydrogen-bond donors (Lipinski definition) is 2. The predicted octanol–water partition coefficient (Wildman–Crippen LogP) is 6.78. The average molecular weight is 763 g/mol. The number of carbonyl (C=O) groups excluding carboxylic acids is 4. The highest BCUT2D eigenvalue weighted by Crippen LogP contribution is 2.40. The van der Waals surface area contributed by atoms with Gasteiger partial charge < -0.3 is 25.2 Å². The first kappa shape index (κ1) is 40.4. The lowest BCUT2D eigenvalue weighted by atomic mass is 9.87.